The van der Waals surface area contributed by atoms with E-state index in [1.54, 1.807) is 16.8 Å². The Kier molecular flexibility index (Phi) is 3.74. The first-order valence-electron chi connectivity index (χ1n) is 4.42. The Labute approximate surface area is 111 Å². The predicted octanol–water partition coefficient (Wildman–Crippen LogP) is 2.39. The van der Waals surface area contributed by atoms with Gasteiger partial charge in [0.05, 0.1) is 0 Å². The Morgan fingerprint density at radius 1 is 1.31 bits per heavy atom. The molecule has 1 aromatic heterocycles. The summed E-state index contributed by atoms with van der Waals surface area (Å²) >= 11 is 7.80. The number of halogens is 2. The van der Waals surface area contributed by atoms with E-state index in [1.807, 2.05) is 34.7 Å². The van der Waals surface area contributed by atoms with Crippen LogP contribution in [0.2, 0.25) is 5.02 Å². The third-order valence-electron chi connectivity index (χ3n) is 1.93. The highest BCUT2D eigenvalue weighted by molar-refractivity contribution is 14.1. The van der Waals surface area contributed by atoms with Gasteiger partial charge in [-0.3, -0.25) is 0 Å². The molecular formula is C10H6ClIN4. The molecule has 0 fully saturated rings. The van der Waals surface area contributed by atoms with Gasteiger partial charge in [-0.2, -0.15) is 0 Å². The molecule has 0 N–H and O–H groups in total. The van der Waals surface area contributed by atoms with Gasteiger partial charge in [0, 0.05) is 33.2 Å². The van der Waals surface area contributed by atoms with Crippen LogP contribution in [0.4, 0.5) is 0 Å². The molecule has 0 bridgehead atoms. The van der Waals surface area contributed by atoms with E-state index in [0.29, 0.717) is 17.4 Å². The Morgan fingerprint density at radius 3 is 2.75 bits per heavy atom. The van der Waals surface area contributed by atoms with E-state index < -0.39 is 0 Å². The molecule has 80 valence electrons. The highest BCUT2D eigenvalue weighted by Gasteiger charge is 2.07. The van der Waals surface area contributed by atoms with Crippen LogP contribution in [0.1, 0.15) is 0 Å². The van der Waals surface area contributed by atoms with Crippen molar-refractivity contribution < 1.29 is 0 Å². The Bertz CT molecular complexity index is 538. The molecule has 2 aromatic rings. The van der Waals surface area contributed by atoms with Crippen molar-refractivity contribution in [1.82, 2.24) is 20.2 Å². The molecule has 0 aliphatic heterocycles. The van der Waals surface area contributed by atoms with E-state index in [9.17, 15) is 0 Å². The smallest absolute Gasteiger partial charge is 0.182 e. The van der Waals surface area contributed by atoms with Crippen LogP contribution in [0.5, 0.6) is 0 Å². The fraction of sp³-hybridized carbons (Fsp3) is 0.100. The maximum atomic E-state index is 5.81. The highest BCUT2D eigenvalue weighted by Crippen LogP contribution is 2.18. The molecule has 0 unspecified atom stereocenters. The largest absolute Gasteiger partial charge is 0.213 e. The molecule has 6 heteroatoms. The Balaban J connectivity index is 2.35. The van der Waals surface area contributed by atoms with E-state index >= 15 is 0 Å². The summed E-state index contributed by atoms with van der Waals surface area (Å²) in [6, 6.07) is 7.36. The fourth-order valence-electron chi connectivity index (χ4n) is 1.22. The van der Waals surface area contributed by atoms with Gasteiger partial charge < -0.3 is 0 Å². The summed E-state index contributed by atoms with van der Waals surface area (Å²) in [5.41, 5.74) is 0.921. The zero-order valence-corrected chi connectivity index (χ0v) is 11.0. The normalized spacial score (nSPS) is 9.62. The minimum absolute atomic E-state index is 0.480. The highest BCUT2D eigenvalue weighted by atomic mass is 127. The first-order chi connectivity index (χ1) is 7.81. The van der Waals surface area contributed by atoms with Gasteiger partial charge in [0.2, 0.25) is 0 Å². The fourth-order valence-corrected chi connectivity index (χ4v) is 1.52. The first-order valence-corrected chi connectivity index (χ1v) is 5.87. The molecule has 0 amide bonds. The van der Waals surface area contributed by atoms with Gasteiger partial charge in [-0.05, 0) is 38.6 Å². The summed E-state index contributed by atoms with van der Waals surface area (Å²) in [6.07, 6.45) is 0. The van der Waals surface area contributed by atoms with Gasteiger partial charge in [0.1, 0.15) is 6.54 Å². The molecule has 1 aromatic carbocycles. The number of aromatic nitrogens is 4. The van der Waals surface area contributed by atoms with Crippen molar-refractivity contribution in [1.29, 1.82) is 0 Å². The van der Waals surface area contributed by atoms with Crippen LogP contribution >= 0.6 is 34.2 Å². The lowest BCUT2D eigenvalue weighted by Gasteiger charge is -2.00. The van der Waals surface area contributed by atoms with E-state index in [1.165, 1.54) is 0 Å². The molecule has 0 aliphatic rings. The first kappa shape index (κ1) is 11.4. The minimum Gasteiger partial charge on any atom is -0.213 e. The second-order valence-corrected chi connectivity index (χ2v) is 3.91. The summed E-state index contributed by atoms with van der Waals surface area (Å²) in [5.74, 6) is 3.59. The second kappa shape index (κ2) is 5.27. The Morgan fingerprint density at radius 2 is 2.06 bits per heavy atom. The summed E-state index contributed by atoms with van der Waals surface area (Å²) in [6.45, 7) is 0.480. The van der Waals surface area contributed by atoms with Gasteiger partial charge in [-0.15, -0.1) is 5.10 Å². The van der Waals surface area contributed by atoms with Crippen LogP contribution in [0.3, 0.4) is 0 Å². The quantitative estimate of drug-likeness (QED) is 0.621. The molecule has 0 saturated heterocycles. The molecule has 0 saturated carbocycles. The number of nitrogens with zero attached hydrogens (tertiary/aromatic N) is 4. The van der Waals surface area contributed by atoms with Gasteiger partial charge in [0.25, 0.3) is 0 Å². The van der Waals surface area contributed by atoms with Gasteiger partial charge in [-0.25, -0.2) is 4.68 Å². The third-order valence-corrected chi connectivity index (χ3v) is 2.56. The average molecular weight is 345 g/mol. The predicted molar refractivity (Wildman–Crippen MR) is 70.1 cm³/mol. The lowest BCUT2D eigenvalue weighted by Crippen LogP contribution is -2.00. The molecular weight excluding hydrogens is 338 g/mol. The van der Waals surface area contributed by atoms with Crippen LogP contribution in [-0.2, 0) is 6.54 Å². The van der Waals surface area contributed by atoms with Crippen LogP contribution in [0, 0.1) is 9.85 Å². The van der Waals surface area contributed by atoms with Crippen LogP contribution in [0.25, 0.3) is 11.4 Å². The van der Waals surface area contributed by atoms with Crippen molar-refractivity contribution in [3.63, 3.8) is 0 Å². The standard InChI is InChI=1S/C10H6ClIN4/c11-9-4-2-8(3-5-9)10-13-14-15-16(10)7-1-6-12/h2-5H,7H2. The van der Waals surface area contributed by atoms with E-state index in [2.05, 4.69) is 25.4 Å². The van der Waals surface area contributed by atoms with E-state index in [-0.39, 0.29) is 0 Å². The van der Waals surface area contributed by atoms with Crippen molar-refractivity contribution in [2.45, 2.75) is 6.54 Å². The van der Waals surface area contributed by atoms with Crippen LogP contribution in [-0.4, -0.2) is 20.2 Å². The second-order valence-electron chi connectivity index (χ2n) is 2.94. The lowest BCUT2D eigenvalue weighted by molar-refractivity contribution is 0.675. The number of hydrogen-bond acceptors (Lipinski definition) is 3. The van der Waals surface area contributed by atoms with Crippen molar-refractivity contribution >= 4 is 34.2 Å². The number of tetrazole rings is 1. The third kappa shape index (κ3) is 2.51. The average Bonchev–Trinajstić information content (AvgIpc) is 2.75. The lowest BCUT2D eigenvalue weighted by atomic mass is 10.2. The molecule has 0 spiro atoms. The monoisotopic (exact) mass is 344 g/mol. The number of rotatable bonds is 2. The molecule has 0 radical (unpaired) electrons. The summed E-state index contributed by atoms with van der Waals surface area (Å²) in [4.78, 5) is 0. The van der Waals surface area contributed by atoms with Crippen molar-refractivity contribution in [2.75, 3.05) is 0 Å². The Hall–Kier alpha value is -1.13. The molecule has 2 rings (SSSR count). The van der Waals surface area contributed by atoms with Gasteiger partial charge in [-0.1, -0.05) is 17.5 Å². The van der Waals surface area contributed by atoms with Gasteiger partial charge >= 0.3 is 0 Å². The molecule has 16 heavy (non-hydrogen) atoms. The van der Waals surface area contributed by atoms with Crippen LogP contribution < -0.4 is 0 Å². The number of hydrogen-bond donors (Lipinski definition) is 0. The number of benzene rings is 1. The summed E-state index contributed by atoms with van der Waals surface area (Å²) in [7, 11) is 0. The van der Waals surface area contributed by atoms with Crippen molar-refractivity contribution in [2.24, 2.45) is 0 Å². The van der Waals surface area contributed by atoms with E-state index in [0.717, 1.165) is 5.56 Å². The molecule has 1 heterocycles. The maximum Gasteiger partial charge on any atom is 0.182 e. The summed E-state index contributed by atoms with van der Waals surface area (Å²) < 4.78 is 4.42. The molecule has 4 nitrogen and oxygen atoms in total. The SMILES string of the molecule is Clc1ccc(-c2nnnn2CC#CI)cc1. The zero-order chi connectivity index (χ0) is 11.4. The van der Waals surface area contributed by atoms with E-state index in [4.69, 9.17) is 11.6 Å². The minimum atomic E-state index is 0.480. The maximum absolute atomic E-state index is 5.81. The van der Waals surface area contributed by atoms with Gasteiger partial charge in [0.15, 0.2) is 5.82 Å². The molecule has 0 aliphatic carbocycles. The zero-order valence-electron chi connectivity index (χ0n) is 8.06. The molecule has 0 atom stereocenters. The van der Waals surface area contributed by atoms with Crippen LogP contribution in [0.15, 0.2) is 24.3 Å². The van der Waals surface area contributed by atoms with Crippen molar-refractivity contribution in [3.8, 4) is 21.2 Å². The topological polar surface area (TPSA) is 43.6 Å². The summed E-state index contributed by atoms with van der Waals surface area (Å²) in [5, 5.41) is 12.2. The van der Waals surface area contributed by atoms with Crippen molar-refractivity contribution in [3.05, 3.63) is 29.3 Å².